The standard InChI is InChI=1S/C8H11NO3.H2O/c9-2-1-5-3-7(11)8(12)4-6(5)10;/h3-4,10-12H,1-2,9H2;1H2. The van der Waals surface area contributed by atoms with Gasteiger partial charge in [0.15, 0.2) is 11.5 Å². The highest BCUT2D eigenvalue weighted by atomic mass is 16.3. The smallest absolute Gasteiger partial charge is 0.161 e. The summed E-state index contributed by atoms with van der Waals surface area (Å²) in [5.74, 6) is -0.611. The van der Waals surface area contributed by atoms with Crippen LogP contribution in [-0.4, -0.2) is 27.3 Å². The second-order valence-electron chi connectivity index (χ2n) is 2.51. The average Bonchev–Trinajstić information content (AvgIpc) is 2.01. The third-order valence-electron chi connectivity index (χ3n) is 1.59. The van der Waals surface area contributed by atoms with Crippen LogP contribution in [0.2, 0.25) is 0 Å². The number of hydrogen-bond acceptors (Lipinski definition) is 4. The number of benzene rings is 1. The third-order valence-corrected chi connectivity index (χ3v) is 1.59. The fourth-order valence-electron chi connectivity index (χ4n) is 0.965. The lowest BCUT2D eigenvalue weighted by molar-refractivity contribution is 0.394. The zero-order chi connectivity index (χ0) is 9.14. The van der Waals surface area contributed by atoms with Crippen LogP contribution in [0.3, 0.4) is 0 Å². The van der Waals surface area contributed by atoms with Crippen molar-refractivity contribution in [1.29, 1.82) is 0 Å². The van der Waals surface area contributed by atoms with Crippen LogP contribution in [0.5, 0.6) is 17.2 Å². The number of nitrogens with two attached hydrogens (primary N) is 1. The Hall–Kier alpha value is -1.46. The summed E-state index contributed by atoms with van der Waals surface area (Å²) in [6.45, 7) is 0.387. The highest BCUT2D eigenvalue weighted by Crippen LogP contribution is 2.31. The summed E-state index contributed by atoms with van der Waals surface area (Å²) in [6, 6.07) is 2.40. The van der Waals surface area contributed by atoms with E-state index >= 15 is 0 Å². The Bertz CT molecular complexity index is 288. The number of phenols is 3. The molecule has 0 spiro atoms. The maximum Gasteiger partial charge on any atom is 0.161 e. The normalized spacial score (nSPS) is 9.31. The minimum atomic E-state index is -0.326. The van der Waals surface area contributed by atoms with E-state index in [1.807, 2.05) is 0 Å². The van der Waals surface area contributed by atoms with Gasteiger partial charge in [0, 0.05) is 6.07 Å². The monoisotopic (exact) mass is 187 g/mol. The molecule has 0 saturated carbocycles. The first-order valence-corrected chi connectivity index (χ1v) is 3.59. The van der Waals surface area contributed by atoms with Crippen LogP contribution in [0.25, 0.3) is 0 Å². The van der Waals surface area contributed by atoms with Gasteiger partial charge in [0.2, 0.25) is 0 Å². The molecule has 5 heteroatoms. The van der Waals surface area contributed by atoms with Crippen LogP contribution in [0.4, 0.5) is 0 Å². The Morgan fingerprint density at radius 2 is 1.54 bits per heavy atom. The molecule has 5 nitrogen and oxygen atoms in total. The molecule has 0 fully saturated rings. The zero-order valence-electron chi connectivity index (χ0n) is 6.99. The minimum Gasteiger partial charge on any atom is -0.508 e. The van der Waals surface area contributed by atoms with E-state index in [1.165, 1.54) is 6.07 Å². The van der Waals surface area contributed by atoms with Gasteiger partial charge in [-0.25, -0.2) is 0 Å². The van der Waals surface area contributed by atoms with Gasteiger partial charge in [-0.3, -0.25) is 0 Å². The second-order valence-corrected chi connectivity index (χ2v) is 2.51. The van der Waals surface area contributed by atoms with E-state index in [0.29, 0.717) is 18.5 Å². The Labute approximate surface area is 75.4 Å². The summed E-state index contributed by atoms with van der Waals surface area (Å²) in [5.41, 5.74) is 5.80. The zero-order valence-corrected chi connectivity index (χ0v) is 6.99. The van der Waals surface area contributed by atoms with Crippen LogP contribution in [0, 0.1) is 0 Å². The Morgan fingerprint density at radius 1 is 1.00 bits per heavy atom. The molecule has 0 amide bonds. The van der Waals surface area contributed by atoms with Crippen LogP contribution < -0.4 is 5.73 Å². The first kappa shape index (κ1) is 11.5. The summed E-state index contributed by atoms with van der Waals surface area (Å²) >= 11 is 0. The molecule has 1 aromatic rings. The molecule has 0 atom stereocenters. The lowest BCUT2D eigenvalue weighted by Crippen LogP contribution is -2.02. The quantitative estimate of drug-likeness (QED) is 0.368. The number of aromatic hydroxyl groups is 3. The lowest BCUT2D eigenvalue weighted by atomic mass is 10.1. The molecule has 0 radical (unpaired) electrons. The first-order chi connectivity index (χ1) is 5.65. The lowest BCUT2D eigenvalue weighted by Gasteiger charge is -2.04. The van der Waals surface area contributed by atoms with Crippen molar-refractivity contribution in [2.24, 2.45) is 5.73 Å². The third kappa shape index (κ3) is 2.50. The number of rotatable bonds is 2. The Kier molecular flexibility index (Phi) is 4.03. The van der Waals surface area contributed by atoms with Crippen LogP contribution in [0.15, 0.2) is 12.1 Å². The van der Waals surface area contributed by atoms with Crippen LogP contribution in [-0.2, 0) is 6.42 Å². The van der Waals surface area contributed by atoms with E-state index < -0.39 is 0 Å². The molecular weight excluding hydrogens is 174 g/mol. The summed E-state index contributed by atoms with van der Waals surface area (Å²) in [6.07, 6.45) is 0.472. The van der Waals surface area contributed by atoms with Crippen molar-refractivity contribution in [3.63, 3.8) is 0 Å². The van der Waals surface area contributed by atoms with Gasteiger partial charge in [-0.15, -0.1) is 0 Å². The summed E-state index contributed by atoms with van der Waals surface area (Å²) in [5, 5.41) is 27.2. The van der Waals surface area contributed by atoms with Gasteiger partial charge in [0.25, 0.3) is 0 Å². The topological polar surface area (TPSA) is 118 Å². The van der Waals surface area contributed by atoms with Gasteiger partial charge < -0.3 is 26.5 Å². The van der Waals surface area contributed by atoms with Crippen molar-refractivity contribution in [3.05, 3.63) is 17.7 Å². The van der Waals surface area contributed by atoms with E-state index in [9.17, 15) is 5.11 Å². The Balaban J connectivity index is 0.00000144. The van der Waals surface area contributed by atoms with E-state index in [4.69, 9.17) is 15.9 Å². The second kappa shape index (κ2) is 4.54. The van der Waals surface area contributed by atoms with Gasteiger partial charge in [0.1, 0.15) is 5.75 Å². The first-order valence-electron chi connectivity index (χ1n) is 3.59. The van der Waals surface area contributed by atoms with Gasteiger partial charge in [0.05, 0.1) is 0 Å². The molecule has 1 aromatic carbocycles. The van der Waals surface area contributed by atoms with Gasteiger partial charge in [-0.2, -0.15) is 0 Å². The van der Waals surface area contributed by atoms with Crippen molar-refractivity contribution in [2.75, 3.05) is 6.54 Å². The molecule has 0 aliphatic heterocycles. The molecule has 0 unspecified atom stereocenters. The fraction of sp³-hybridized carbons (Fsp3) is 0.250. The molecule has 13 heavy (non-hydrogen) atoms. The summed E-state index contributed by atoms with van der Waals surface area (Å²) in [4.78, 5) is 0. The van der Waals surface area contributed by atoms with Gasteiger partial charge in [-0.05, 0) is 24.6 Å². The van der Waals surface area contributed by atoms with E-state index in [2.05, 4.69) is 0 Å². The summed E-state index contributed by atoms with van der Waals surface area (Å²) in [7, 11) is 0. The van der Waals surface area contributed by atoms with Gasteiger partial charge in [-0.1, -0.05) is 0 Å². The van der Waals surface area contributed by atoms with Gasteiger partial charge >= 0.3 is 0 Å². The highest BCUT2D eigenvalue weighted by molar-refractivity contribution is 5.48. The molecule has 0 aliphatic rings. The molecule has 74 valence electrons. The van der Waals surface area contributed by atoms with Crippen molar-refractivity contribution in [2.45, 2.75) is 6.42 Å². The van der Waals surface area contributed by atoms with Crippen molar-refractivity contribution < 1.29 is 20.8 Å². The SMILES string of the molecule is NCCc1cc(O)c(O)cc1O.O. The highest BCUT2D eigenvalue weighted by Gasteiger charge is 2.06. The van der Waals surface area contributed by atoms with Crippen LogP contribution in [0.1, 0.15) is 5.56 Å². The average molecular weight is 187 g/mol. The predicted molar refractivity (Wildman–Crippen MR) is 47.8 cm³/mol. The van der Waals surface area contributed by atoms with Crippen molar-refractivity contribution in [1.82, 2.24) is 0 Å². The van der Waals surface area contributed by atoms with E-state index in [0.717, 1.165) is 6.07 Å². The fourth-order valence-corrected chi connectivity index (χ4v) is 0.965. The van der Waals surface area contributed by atoms with Crippen LogP contribution >= 0.6 is 0 Å². The molecule has 0 bridgehead atoms. The van der Waals surface area contributed by atoms with E-state index in [1.54, 1.807) is 0 Å². The molecular formula is C8H13NO4. The number of phenolic OH excluding ortho intramolecular Hbond substituents is 3. The molecule has 0 saturated heterocycles. The minimum absolute atomic E-state index is 0. The van der Waals surface area contributed by atoms with Crippen molar-refractivity contribution in [3.8, 4) is 17.2 Å². The van der Waals surface area contributed by atoms with E-state index in [-0.39, 0.29) is 22.7 Å². The Morgan fingerprint density at radius 3 is 2.08 bits per heavy atom. The maximum atomic E-state index is 9.22. The summed E-state index contributed by atoms with van der Waals surface area (Å²) < 4.78 is 0. The molecule has 1 rings (SSSR count). The predicted octanol–water partition coefficient (Wildman–Crippen LogP) is -0.520. The number of hydrogen-bond donors (Lipinski definition) is 4. The molecule has 7 N–H and O–H groups in total. The maximum absolute atomic E-state index is 9.22. The molecule has 0 aromatic heterocycles. The largest absolute Gasteiger partial charge is 0.508 e. The molecule has 0 heterocycles. The molecule has 0 aliphatic carbocycles. The van der Waals surface area contributed by atoms with Crippen molar-refractivity contribution >= 4 is 0 Å².